The molecule has 0 saturated carbocycles. The normalized spacial score (nSPS) is 10.2. The molecule has 1 aromatic carbocycles. The Morgan fingerprint density at radius 3 is 2.74 bits per heavy atom. The highest BCUT2D eigenvalue weighted by Crippen LogP contribution is 2.28. The lowest BCUT2D eigenvalue weighted by Gasteiger charge is -2.05. The van der Waals surface area contributed by atoms with Crippen LogP contribution < -0.4 is 4.74 Å². The number of aryl methyl sites for hydroxylation is 1. The van der Waals surface area contributed by atoms with Crippen molar-refractivity contribution in [2.24, 2.45) is 0 Å². The van der Waals surface area contributed by atoms with Gasteiger partial charge in [0, 0.05) is 11.6 Å². The summed E-state index contributed by atoms with van der Waals surface area (Å²) in [5.74, 6) is 0.131. The molecule has 0 aliphatic rings. The third kappa shape index (κ3) is 3.54. The summed E-state index contributed by atoms with van der Waals surface area (Å²) in [6.07, 6.45) is 0.509. The van der Waals surface area contributed by atoms with Gasteiger partial charge in [-0.1, -0.05) is 0 Å². The van der Waals surface area contributed by atoms with E-state index in [1.54, 1.807) is 6.92 Å². The van der Waals surface area contributed by atoms with Gasteiger partial charge >= 0.3 is 11.7 Å². The first-order valence-corrected chi connectivity index (χ1v) is 6.50. The maximum atomic E-state index is 11.5. The van der Waals surface area contributed by atoms with Gasteiger partial charge in [0.2, 0.25) is 0 Å². The van der Waals surface area contributed by atoms with E-state index >= 15 is 0 Å². The first kappa shape index (κ1) is 16.2. The summed E-state index contributed by atoms with van der Waals surface area (Å²) in [5, 5.41) is 11.0. The fourth-order valence-corrected chi connectivity index (χ4v) is 1.95. The van der Waals surface area contributed by atoms with Crippen LogP contribution >= 0.6 is 0 Å². The summed E-state index contributed by atoms with van der Waals surface area (Å²) in [6, 6.07) is 5.31. The minimum atomic E-state index is -0.643. The Morgan fingerprint density at radius 1 is 1.39 bits per heavy atom. The monoisotopic (exact) mass is 319 g/mol. The molecule has 2 rings (SSSR count). The third-order valence-corrected chi connectivity index (χ3v) is 3.06. The molecule has 0 atom stereocenters. The second kappa shape index (κ2) is 6.73. The first-order chi connectivity index (χ1) is 11.0. The molecule has 8 nitrogen and oxygen atoms in total. The zero-order valence-corrected chi connectivity index (χ0v) is 12.4. The number of hydrogen-bond acceptors (Lipinski definition) is 7. The minimum absolute atomic E-state index is 0.00530. The SMILES string of the molecule is COC(=O)c1cc(COc2ccc(C=O)cc2[N+](=O)[O-])oc1C. The van der Waals surface area contributed by atoms with Crippen molar-refractivity contribution in [3.05, 3.63) is 57.0 Å². The van der Waals surface area contributed by atoms with Gasteiger partial charge in [-0.2, -0.15) is 0 Å². The van der Waals surface area contributed by atoms with Crippen LogP contribution in [0.25, 0.3) is 0 Å². The highest BCUT2D eigenvalue weighted by Gasteiger charge is 2.19. The number of nitro benzene ring substituents is 1. The molecule has 0 aliphatic heterocycles. The van der Waals surface area contributed by atoms with E-state index in [0.29, 0.717) is 17.8 Å². The van der Waals surface area contributed by atoms with Gasteiger partial charge in [0.1, 0.15) is 30.0 Å². The second-order valence-corrected chi connectivity index (χ2v) is 4.56. The molecule has 0 spiro atoms. The van der Waals surface area contributed by atoms with E-state index in [-0.39, 0.29) is 29.2 Å². The topological polar surface area (TPSA) is 109 Å². The molecule has 8 heteroatoms. The Morgan fingerprint density at radius 2 is 2.13 bits per heavy atom. The van der Waals surface area contributed by atoms with Gasteiger partial charge in [-0.05, 0) is 25.1 Å². The molecule has 120 valence electrons. The van der Waals surface area contributed by atoms with Crippen LogP contribution in [0.2, 0.25) is 0 Å². The first-order valence-electron chi connectivity index (χ1n) is 6.50. The zero-order chi connectivity index (χ0) is 17.0. The molecule has 0 radical (unpaired) electrons. The lowest BCUT2D eigenvalue weighted by molar-refractivity contribution is -0.386. The van der Waals surface area contributed by atoms with Crippen LogP contribution in [0, 0.1) is 17.0 Å². The number of carbonyl (C=O) groups is 2. The molecule has 0 saturated heterocycles. The third-order valence-electron chi connectivity index (χ3n) is 3.06. The molecule has 1 aromatic heterocycles. The Hall–Kier alpha value is -3.16. The predicted octanol–water partition coefficient (Wildman–Crippen LogP) is 2.67. The molecule has 0 amide bonds. The molecule has 0 aliphatic carbocycles. The van der Waals surface area contributed by atoms with Crippen LogP contribution in [0.3, 0.4) is 0 Å². The number of benzene rings is 1. The quantitative estimate of drug-likeness (QED) is 0.348. The maximum Gasteiger partial charge on any atom is 0.341 e. The van der Waals surface area contributed by atoms with Crippen LogP contribution in [0.1, 0.15) is 32.2 Å². The number of methoxy groups -OCH3 is 1. The van der Waals surface area contributed by atoms with E-state index in [1.165, 1.54) is 25.3 Å². The smallest absolute Gasteiger partial charge is 0.341 e. The Bertz CT molecular complexity index is 763. The average Bonchev–Trinajstić information content (AvgIpc) is 2.92. The lowest BCUT2D eigenvalue weighted by Crippen LogP contribution is -2.01. The van der Waals surface area contributed by atoms with Crippen LogP contribution in [0.15, 0.2) is 28.7 Å². The number of hydrogen-bond donors (Lipinski definition) is 0. The van der Waals surface area contributed by atoms with E-state index in [1.807, 2.05) is 0 Å². The Kier molecular flexibility index (Phi) is 4.75. The fourth-order valence-electron chi connectivity index (χ4n) is 1.95. The highest BCUT2D eigenvalue weighted by molar-refractivity contribution is 5.90. The Balaban J connectivity index is 2.19. The van der Waals surface area contributed by atoms with E-state index in [9.17, 15) is 19.7 Å². The molecule has 0 N–H and O–H groups in total. The molecule has 1 heterocycles. The maximum absolute atomic E-state index is 11.5. The number of rotatable bonds is 6. The fraction of sp³-hybridized carbons (Fsp3) is 0.200. The minimum Gasteiger partial charge on any atom is -0.479 e. The summed E-state index contributed by atoms with van der Waals surface area (Å²) in [7, 11) is 1.25. The predicted molar refractivity (Wildman–Crippen MR) is 77.6 cm³/mol. The van der Waals surface area contributed by atoms with Crippen molar-refractivity contribution in [3.63, 3.8) is 0 Å². The van der Waals surface area contributed by atoms with Crippen LogP contribution in [0.5, 0.6) is 5.75 Å². The van der Waals surface area contributed by atoms with Crippen LogP contribution in [0.4, 0.5) is 5.69 Å². The molecule has 2 aromatic rings. The summed E-state index contributed by atoms with van der Waals surface area (Å²) in [4.78, 5) is 32.5. The molecule has 0 unspecified atom stereocenters. The van der Waals surface area contributed by atoms with E-state index < -0.39 is 10.9 Å². The highest BCUT2D eigenvalue weighted by atomic mass is 16.6. The number of carbonyl (C=O) groups excluding carboxylic acids is 2. The number of nitro groups is 1. The van der Waals surface area contributed by atoms with Crippen molar-refractivity contribution >= 4 is 17.9 Å². The van der Waals surface area contributed by atoms with Crippen molar-refractivity contribution in [1.29, 1.82) is 0 Å². The van der Waals surface area contributed by atoms with Crippen molar-refractivity contribution in [1.82, 2.24) is 0 Å². The Labute approximate surface area is 130 Å². The summed E-state index contributed by atoms with van der Waals surface area (Å²) >= 11 is 0. The van der Waals surface area contributed by atoms with Crippen LogP contribution in [-0.2, 0) is 11.3 Å². The van der Waals surface area contributed by atoms with Crippen LogP contribution in [-0.4, -0.2) is 24.3 Å². The van der Waals surface area contributed by atoms with Crippen molar-refractivity contribution in [2.45, 2.75) is 13.5 Å². The zero-order valence-electron chi connectivity index (χ0n) is 12.4. The van der Waals surface area contributed by atoms with Gasteiger partial charge in [-0.3, -0.25) is 14.9 Å². The summed E-state index contributed by atoms with van der Waals surface area (Å²) < 4.78 is 15.3. The van der Waals surface area contributed by atoms with Gasteiger partial charge in [0.05, 0.1) is 12.0 Å². The number of aldehydes is 1. The van der Waals surface area contributed by atoms with Gasteiger partial charge < -0.3 is 13.9 Å². The van der Waals surface area contributed by atoms with Gasteiger partial charge in [-0.25, -0.2) is 4.79 Å². The molecule has 0 bridgehead atoms. The van der Waals surface area contributed by atoms with Gasteiger partial charge in [0.15, 0.2) is 5.75 Å². The second-order valence-electron chi connectivity index (χ2n) is 4.56. The van der Waals surface area contributed by atoms with E-state index in [2.05, 4.69) is 4.74 Å². The average molecular weight is 319 g/mol. The molecular formula is C15H13NO7. The van der Waals surface area contributed by atoms with Crippen molar-refractivity contribution in [2.75, 3.05) is 7.11 Å². The number of esters is 1. The number of furan rings is 1. The summed E-state index contributed by atoms with van der Waals surface area (Å²) in [6.45, 7) is 1.48. The largest absolute Gasteiger partial charge is 0.479 e. The molecular weight excluding hydrogens is 306 g/mol. The van der Waals surface area contributed by atoms with Crippen molar-refractivity contribution < 1.29 is 28.4 Å². The van der Waals surface area contributed by atoms with E-state index in [4.69, 9.17) is 9.15 Å². The number of ether oxygens (including phenoxy) is 2. The van der Waals surface area contributed by atoms with E-state index in [0.717, 1.165) is 6.07 Å². The van der Waals surface area contributed by atoms with Gasteiger partial charge in [-0.15, -0.1) is 0 Å². The lowest BCUT2D eigenvalue weighted by atomic mass is 10.2. The number of nitrogens with zero attached hydrogens (tertiary/aromatic N) is 1. The molecule has 0 fully saturated rings. The summed E-state index contributed by atoms with van der Waals surface area (Å²) in [5.41, 5.74) is 0.105. The standard InChI is InChI=1S/C15H13NO7/c1-9-12(15(18)21-2)6-11(23-9)8-22-14-4-3-10(7-17)5-13(14)16(19)20/h3-7H,8H2,1-2H3. The van der Waals surface area contributed by atoms with Gasteiger partial charge in [0.25, 0.3) is 0 Å². The molecule has 23 heavy (non-hydrogen) atoms. The van der Waals surface area contributed by atoms with Crippen molar-refractivity contribution in [3.8, 4) is 5.75 Å².